The van der Waals surface area contributed by atoms with Crippen molar-refractivity contribution in [2.45, 2.75) is 36.0 Å². The zero-order chi connectivity index (χ0) is 14.0. The maximum atomic E-state index is 13.6. The Kier molecular flexibility index (Phi) is 4.09. The van der Waals surface area contributed by atoms with Crippen molar-refractivity contribution < 1.29 is 19.1 Å². The number of benzene rings is 1. The lowest BCUT2D eigenvalue weighted by Gasteiger charge is -2.12. The fourth-order valence-electron chi connectivity index (χ4n) is 1.52. The van der Waals surface area contributed by atoms with E-state index in [-0.39, 0.29) is 22.4 Å². The van der Waals surface area contributed by atoms with Crippen molar-refractivity contribution in [3.8, 4) is 0 Å². The van der Waals surface area contributed by atoms with Crippen LogP contribution in [-0.4, -0.2) is 28.3 Å². The molecule has 2 N–H and O–H groups in total. The first-order valence-electron chi connectivity index (χ1n) is 5.97. The topological polar surface area (TPSA) is 66.4 Å². The molecule has 19 heavy (non-hydrogen) atoms. The van der Waals surface area contributed by atoms with Gasteiger partial charge < -0.3 is 10.4 Å². The number of carbonyl (C=O) groups excluding carboxylic acids is 1. The van der Waals surface area contributed by atoms with Crippen LogP contribution >= 0.6 is 11.8 Å². The summed E-state index contributed by atoms with van der Waals surface area (Å²) in [4.78, 5) is 22.8. The molecule has 0 heterocycles. The third-order valence-electron chi connectivity index (χ3n) is 2.77. The number of hydrogen-bond donors (Lipinski definition) is 2. The van der Waals surface area contributed by atoms with Gasteiger partial charge in [-0.25, -0.2) is 9.18 Å². The van der Waals surface area contributed by atoms with Crippen molar-refractivity contribution in [2.75, 3.05) is 0 Å². The maximum Gasteiger partial charge on any atom is 0.335 e. The Balaban J connectivity index is 2.06. The first-order valence-corrected chi connectivity index (χ1v) is 6.85. The summed E-state index contributed by atoms with van der Waals surface area (Å²) >= 11 is 1.03. The van der Waals surface area contributed by atoms with E-state index in [1.54, 1.807) is 6.92 Å². The van der Waals surface area contributed by atoms with Crippen LogP contribution in [0.2, 0.25) is 0 Å². The van der Waals surface area contributed by atoms with Crippen molar-refractivity contribution in [1.82, 2.24) is 5.32 Å². The average molecular weight is 283 g/mol. The molecule has 1 aliphatic carbocycles. The molecule has 1 aromatic carbocycles. The summed E-state index contributed by atoms with van der Waals surface area (Å²) in [6.45, 7) is 1.68. The van der Waals surface area contributed by atoms with Gasteiger partial charge >= 0.3 is 5.97 Å². The molecule has 1 unspecified atom stereocenters. The maximum absolute atomic E-state index is 13.6. The molecule has 0 aliphatic heterocycles. The molecule has 1 amide bonds. The second kappa shape index (κ2) is 5.61. The molecule has 102 valence electrons. The van der Waals surface area contributed by atoms with Gasteiger partial charge in [0.1, 0.15) is 5.82 Å². The summed E-state index contributed by atoms with van der Waals surface area (Å²) in [5.74, 6) is -1.77. The molecule has 1 fully saturated rings. The fourth-order valence-corrected chi connectivity index (χ4v) is 2.45. The number of carboxylic acid groups (broad SMARTS) is 1. The van der Waals surface area contributed by atoms with Crippen molar-refractivity contribution >= 4 is 23.6 Å². The lowest BCUT2D eigenvalue weighted by molar-refractivity contribution is -0.120. The quantitative estimate of drug-likeness (QED) is 0.814. The Hall–Kier alpha value is -1.56. The lowest BCUT2D eigenvalue weighted by atomic mass is 10.2. The number of halogens is 1. The minimum Gasteiger partial charge on any atom is -0.478 e. The molecule has 0 bridgehead atoms. The van der Waals surface area contributed by atoms with Gasteiger partial charge in [0.15, 0.2) is 0 Å². The molecule has 1 atom stereocenters. The Morgan fingerprint density at radius 3 is 2.74 bits per heavy atom. The van der Waals surface area contributed by atoms with Gasteiger partial charge in [-0.2, -0.15) is 0 Å². The number of aromatic carboxylic acids is 1. The van der Waals surface area contributed by atoms with Crippen LogP contribution in [0.15, 0.2) is 23.1 Å². The highest BCUT2D eigenvalue weighted by molar-refractivity contribution is 8.00. The minimum atomic E-state index is -1.11. The molecular formula is C13H14FNO3S. The van der Waals surface area contributed by atoms with Crippen molar-refractivity contribution in [3.63, 3.8) is 0 Å². The third kappa shape index (κ3) is 3.70. The summed E-state index contributed by atoms with van der Waals surface area (Å²) in [5, 5.41) is 11.2. The molecule has 4 nitrogen and oxygen atoms in total. The predicted octanol–water partition coefficient (Wildman–Crippen LogP) is 2.28. The summed E-state index contributed by atoms with van der Waals surface area (Å²) in [6.07, 6.45) is 1.98. The van der Waals surface area contributed by atoms with Crippen LogP contribution in [0, 0.1) is 5.82 Å². The van der Waals surface area contributed by atoms with Crippen molar-refractivity contribution in [2.24, 2.45) is 0 Å². The molecule has 0 radical (unpaired) electrons. The van der Waals surface area contributed by atoms with Gasteiger partial charge in [-0.05, 0) is 38.0 Å². The molecule has 2 rings (SSSR count). The summed E-state index contributed by atoms with van der Waals surface area (Å²) < 4.78 is 13.6. The summed E-state index contributed by atoms with van der Waals surface area (Å²) in [5.41, 5.74) is 0.0127. The summed E-state index contributed by atoms with van der Waals surface area (Å²) in [6, 6.07) is 3.82. The Morgan fingerprint density at radius 1 is 1.47 bits per heavy atom. The van der Waals surface area contributed by atoms with Crippen LogP contribution in [0.3, 0.4) is 0 Å². The Morgan fingerprint density at radius 2 is 2.16 bits per heavy atom. The first-order chi connectivity index (χ1) is 8.97. The van der Waals surface area contributed by atoms with Gasteiger partial charge in [0, 0.05) is 10.9 Å². The van der Waals surface area contributed by atoms with Gasteiger partial charge in [-0.3, -0.25) is 4.79 Å². The third-order valence-corrected chi connectivity index (χ3v) is 3.91. The highest BCUT2D eigenvalue weighted by Gasteiger charge is 2.26. The van der Waals surface area contributed by atoms with Gasteiger partial charge in [0.2, 0.25) is 5.91 Å². The SMILES string of the molecule is CC(Sc1cc(C(=O)O)ccc1F)C(=O)NC1CC1. The van der Waals surface area contributed by atoms with E-state index in [0.29, 0.717) is 0 Å². The van der Waals surface area contributed by atoms with Crippen LogP contribution in [0.1, 0.15) is 30.1 Å². The van der Waals surface area contributed by atoms with Crippen LogP contribution in [0.25, 0.3) is 0 Å². The number of thioether (sulfide) groups is 1. The minimum absolute atomic E-state index is 0.0127. The normalized spacial score (nSPS) is 15.9. The molecule has 6 heteroatoms. The van der Waals surface area contributed by atoms with Gasteiger partial charge in [-0.1, -0.05) is 0 Å². The highest BCUT2D eigenvalue weighted by Crippen LogP contribution is 2.28. The van der Waals surface area contributed by atoms with Gasteiger partial charge in [0.05, 0.1) is 10.8 Å². The summed E-state index contributed by atoms with van der Waals surface area (Å²) in [7, 11) is 0. The van der Waals surface area contributed by atoms with Gasteiger partial charge in [-0.15, -0.1) is 11.8 Å². The predicted molar refractivity (Wildman–Crippen MR) is 69.8 cm³/mol. The van der Waals surface area contributed by atoms with E-state index < -0.39 is 17.0 Å². The monoisotopic (exact) mass is 283 g/mol. The molecular weight excluding hydrogens is 269 g/mol. The fraction of sp³-hybridized carbons (Fsp3) is 0.385. The molecule has 1 aliphatic rings. The molecule has 0 spiro atoms. The average Bonchev–Trinajstić information content (AvgIpc) is 3.15. The van der Waals surface area contributed by atoms with Crippen LogP contribution in [0.4, 0.5) is 4.39 Å². The van der Waals surface area contributed by atoms with E-state index in [9.17, 15) is 14.0 Å². The first kappa shape index (κ1) is 13.9. The lowest BCUT2D eigenvalue weighted by Crippen LogP contribution is -2.32. The van der Waals surface area contributed by atoms with Crippen LogP contribution in [0.5, 0.6) is 0 Å². The second-order valence-corrected chi connectivity index (χ2v) is 5.88. The van der Waals surface area contributed by atoms with E-state index in [1.807, 2.05) is 0 Å². The molecule has 0 aromatic heterocycles. The van der Waals surface area contributed by atoms with Crippen LogP contribution < -0.4 is 5.32 Å². The molecule has 0 saturated heterocycles. The zero-order valence-electron chi connectivity index (χ0n) is 10.4. The van der Waals surface area contributed by atoms with E-state index in [2.05, 4.69) is 5.32 Å². The smallest absolute Gasteiger partial charge is 0.335 e. The Bertz CT molecular complexity index is 517. The highest BCUT2D eigenvalue weighted by atomic mass is 32.2. The van der Waals surface area contributed by atoms with Crippen LogP contribution in [-0.2, 0) is 4.79 Å². The van der Waals surface area contributed by atoms with E-state index in [4.69, 9.17) is 5.11 Å². The largest absolute Gasteiger partial charge is 0.478 e. The standard InChI is InChI=1S/C13H14FNO3S/c1-7(12(16)15-9-3-4-9)19-11-6-8(13(17)18)2-5-10(11)14/h2,5-7,9H,3-4H2,1H3,(H,15,16)(H,17,18). The number of amides is 1. The van der Waals surface area contributed by atoms with E-state index in [1.165, 1.54) is 12.1 Å². The number of rotatable bonds is 5. The van der Waals surface area contributed by atoms with Crippen molar-refractivity contribution in [3.05, 3.63) is 29.6 Å². The van der Waals surface area contributed by atoms with Crippen molar-refractivity contribution in [1.29, 1.82) is 0 Å². The number of hydrogen-bond acceptors (Lipinski definition) is 3. The molecule has 1 aromatic rings. The van der Waals surface area contributed by atoms with Gasteiger partial charge in [0.25, 0.3) is 0 Å². The number of carboxylic acids is 1. The van der Waals surface area contributed by atoms with E-state index in [0.717, 1.165) is 30.7 Å². The molecule has 1 saturated carbocycles. The Labute approximate surface area is 114 Å². The second-order valence-electron chi connectivity index (χ2n) is 4.49. The van der Waals surface area contributed by atoms with E-state index >= 15 is 0 Å². The number of carbonyl (C=O) groups is 2. The zero-order valence-corrected chi connectivity index (χ0v) is 11.2. The number of nitrogens with one attached hydrogen (secondary N) is 1.